The van der Waals surface area contributed by atoms with Crippen molar-refractivity contribution in [1.82, 2.24) is 9.97 Å². The van der Waals surface area contributed by atoms with Crippen LogP contribution in [0.25, 0.3) is 11.3 Å². The van der Waals surface area contributed by atoms with E-state index in [4.69, 9.17) is 10.5 Å². The van der Waals surface area contributed by atoms with Crippen LogP contribution < -0.4 is 21.3 Å². The number of nitrogens with one attached hydrogen (secondary N) is 2. The minimum atomic E-state index is -0.829. The van der Waals surface area contributed by atoms with Crippen molar-refractivity contribution < 1.29 is 9.53 Å². The fourth-order valence-electron chi connectivity index (χ4n) is 3.43. The number of amides is 1. The van der Waals surface area contributed by atoms with Gasteiger partial charge in [-0.3, -0.25) is 4.79 Å². The van der Waals surface area contributed by atoms with E-state index in [9.17, 15) is 4.79 Å². The maximum absolute atomic E-state index is 11.5. The Morgan fingerprint density at radius 2 is 1.66 bits per heavy atom. The molecule has 8 nitrogen and oxygen atoms in total. The number of ether oxygens (including phenoxy) is 1. The number of hydrogen-bond donors (Lipinski definition) is 3. The zero-order valence-corrected chi connectivity index (χ0v) is 18.3. The quantitative estimate of drug-likeness (QED) is 0.525. The largest absolute Gasteiger partial charge is 0.378 e. The monoisotopic (exact) mass is 432 g/mol. The first-order valence-corrected chi connectivity index (χ1v) is 10.6. The van der Waals surface area contributed by atoms with Crippen LogP contribution in [0.4, 0.5) is 23.0 Å². The molecule has 1 fully saturated rings. The Kier molecular flexibility index (Phi) is 6.23. The molecule has 1 amide bonds. The molecule has 4 N–H and O–H groups in total. The van der Waals surface area contributed by atoms with Gasteiger partial charge in [-0.15, -0.1) is 0 Å². The van der Waals surface area contributed by atoms with E-state index in [1.54, 1.807) is 20.0 Å². The molecule has 2 aromatic carbocycles. The van der Waals surface area contributed by atoms with Gasteiger partial charge in [-0.1, -0.05) is 12.1 Å². The number of anilines is 4. The molecule has 0 unspecified atom stereocenters. The van der Waals surface area contributed by atoms with Gasteiger partial charge in [0, 0.05) is 41.9 Å². The van der Waals surface area contributed by atoms with Crippen LogP contribution in [-0.2, 0) is 9.53 Å². The van der Waals surface area contributed by atoms with E-state index in [2.05, 4.69) is 37.6 Å². The number of morpholine rings is 1. The number of rotatable bonds is 7. The minimum Gasteiger partial charge on any atom is -0.378 e. The van der Waals surface area contributed by atoms with Crippen LogP contribution >= 0.6 is 0 Å². The van der Waals surface area contributed by atoms with E-state index < -0.39 is 11.4 Å². The Bertz CT molecular complexity index is 1060. The normalized spacial score (nSPS) is 14.1. The third kappa shape index (κ3) is 5.15. The average Bonchev–Trinajstić information content (AvgIpc) is 2.80. The summed E-state index contributed by atoms with van der Waals surface area (Å²) in [5.41, 5.74) is 9.26. The number of carbonyl (C=O) groups is 1. The van der Waals surface area contributed by atoms with Crippen LogP contribution in [0.5, 0.6) is 0 Å². The Labute approximate surface area is 187 Å². The average molecular weight is 433 g/mol. The zero-order valence-electron chi connectivity index (χ0n) is 18.3. The Hall–Kier alpha value is -3.65. The molecule has 0 spiro atoms. The lowest BCUT2D eigenvalue weighted by atomic mass is 10.0. The first-order chi connectivity index (χ1) is 15.4. The van der Waals surface area contributed by atoms with Crippen molar-refractivity contribution in [2.24, 2.45) is 5.73 Å². The van der Waals surface area contributed by atoms with Crippen molar-refractivity contribution in [2.45, 2.75) is 19.4 Å². The Morgan fingerprint density at radius 1 is 1.00 bits per heavy atom. The fraction of sp³-hybridized carbons (Fsp3) is 0.292. The van der Waals surface area contributed by atoms with Gasteiger partial charge in [0.15, 0.2) is 0 Å². The number of hydrogen-bond acceptors (Lipinski definition) is 7. The van der Waals surface area contributed by atoms with Crippen molar-refractivity contribution in [1.29, 1.82) is 0 Å². The van der Waals surface area contributed by atoms with Crippen LogP contribution in [0.1, 0.15) is 13.8 Å². The molecule has 166 valence electrons. The van der Waals surface area contributed by atoms with Crippen LogP contribution in [0.15, 0.2) is 60.8 Å². The van der Waals surface area contributed by atoms with Crippen molar-refractivity contribution in [3.8, 4) is 11.3 Å². The van der Waals surface area contributed by atoms with Crippen molar-refractivity contribution in [3.63, 3.8) is 0 Å². The molecule has 1 aliphatic rings. The van der Waals surface area contributed by atoms with Gasteiger partial charge in [0.2, 0.25) is 11.9 Å². The summed E-state index contributed by atoms with van der Waals surface area (Å²) in [4.78, 5) is 22.8. The van der Waals surface area contributed by atoms with Crippen molar-refractivity contribution in [2.75, 3.05) is 41.8 Å². The van der Waals surface area contributed by atoms with Crippen LogP contribution in [0.2, 0.25) is 0 Å². The van der Waals surface area contributed by atoms with Gasteiger partial charge in [0.25, 0.3) is 0 Å². The topological polar surface area (TPSA) is 105 Å². The van der Waals surface area contributed by atoms with Gasteiger partial charge in [-0.2, -0.15) is 0 Å². The van der Waals surface area contributed by atoms with E-state index in [1.165, 1.54) is 5.69 Å². The summed E-state index contributed by atoms with van der Waals surface area (Å²) >= 11 is 0. The second kappa shape index (κ2) is 9.23. The molecule has 0 saturated carbocycles. The number of benzene rings is 2. The molecule has 1 aromatic heterocycles. The first-order valence-electron chi connectivity index (χ1n) is 10.6. The molecule has 0 radical (unpaired) electrons. The Balaban J connectivity index is 1.44. The van der Waals surface area contributed by atoms with Crippen LogP contribution in [0.3, 0.4) is 0 Å². The highest BCUT2D eigenvalue weighted by Crippen LogP contribution is 2.24. The second-order valence-corrected chi connectivity index (χ2v) is 8.23. The van der Waals surface area contributed by atoms with Gasteiger partial charge in [0.1, 0.15) is 5.54 Å². The summed E-state index contributed by atoms with van der Waals surface area (Å²) in [7, 11) is 0. The third-order valence-electron chi connectivity index (χ3n) is 5.41. The van der Waals surface area contributed by atoms with Crippen LogP contribution in [-0.4, -0.2) is 47.7 Å². The number of aromatic nitrogens is 2. The summed E-state index contributed by atoms with van der Waals surface area (Å²) in [5.74, 6) is 0.116. The summed E-state index contributed by atoms with van der Waals surface area (Å²) in [6.07, 6.45) is 1.73. The molecule has 1 saturated heterocycles. The standard InChI is InChI=1S/C24H28N6O2/c1-24(2,22(25)31)29-19-5-3-17(4-6-19)21-11-12-26-23(28-21)27-18-7-9-20(10-8-18)30-13-15-32-16-14-30/h3-12,29H,13-16H2,1-2H3,(H2,25,31)(H,26,27,28). The maximum atomic E-state index is 11.5. The molecule has 4 rings (SSSR count). The molecule has 0 bridgehead atoms. The summed E-state index contributed by atoms with van der Waals surface area (Å²) < 4.78 is 5.42. The molecule has 8 heteroatoms. The van der Waals surface area contributed by atoms with Gasteiger partial charge < -0.3 is 26.0 Å². The lowest BCUT2D eigenvalue weighted by Crippen LogP contribution is -2.44. The molecule has 0 aliphatic carbocycles. The van der Waals surface area contributed by atoms with E-state index in [1.807, 2.05) is 42.5 Å². The van der Waals surface area contributed by atoms with Crippen molar-refractivity contribution in [3.05, 3.63) is 60.8 Å². The smallest absolute Gasteiger partial charge is 0.242 e. The predicted octanol–water partition coefficient (Wildman–Crippen LogP) is 3.40. The number of primary amides is 1. The molecule has 1 aliphatic heterocycles. The zero-order chi connectivity index (χ0) is 22.6. The second-order valence-electron chi connectivity index (χ2n) is 8.23. The lowest BCUT2D eigenvalue weighted by Gasteiger charge is -2.28. The van der Waals surface area contributed by atoms with Gasteiger partial charge in [0.05, 0.1) is 18.9 Å². The number of carbonyl (C=O) groups excluding carboxylic acids is 1. The summed E-state index contributed by atoms with van der Waals surface area (Å²) in [5, 5.41) is 6.41. The molecule has 3 aromatic rings. The highest BCUT2D eigenvalue weighted by Gasteiger charge is 2.24. The molecule has 0 atom stereocenters. The van der Waals surface area contributed by atoms with Gasteiger partial charge >= 0.3 is 0 Å². The number of nitrogens with zero attached hydrogens (tertiary/aromatic N) is 3. The highest BCUT2D eigenvalue weighted by atomic mass is 16.5. The SMILES string of the molecule is CC(C)(Nc1ccc(-c2ccnc(Nc3ccc(N4CCOCC4)cc3)n2)cc1)C(N)=O. The van der Waals surface area contributed by atoms with Crippen molar-refractivity contribution >= 4 is 28.9 Å². The Morgan fingerprint density at radius 3 is 2.31 bits per heavy atom. The third-order valence-corrected chi connectivity index (χ3v) is 5.41. The first kappa shape index (κ1) is 21.6. The van der Waals surface area contributed by atoms with Gasteiger partial charge in [-0.25, -0.2) is 9.97 Å². The van der Waals surface area contributed by atoms with E-state index in [-0.39, 0.29) is 0 Å². The summed E-state index contributed by atoms with van der Waals surface area (Å²) in [6.45, 7) is 6.85. The predicted molar refractivity (Wildman–Crippen MR) is 127 cm³/mol. The summed E-state index contributed by atoms with van der Waals surface area (Å²) in [6, 6.07) is 17.8. The van der Waals surface area contributed by atoms with E-state index in [0.717, 1.165) is 48.9 Å². The van der Waals surface area contributed by atoms with E-state index >= 15 is 0 Å². The molecule has 32 heavy (non-hydrogen) atoms. The van der Waals surface area contributed by atoms with Gasteiger partial charge in [-0.05, 0) is 56.3 Å². The highest BCUT2D eigenvalue weighted by molar-refractivity contribution is 5.87. The lowest BCUT2D eigenvalue weighted by molar-refractivity contribution is -0.121. The van der Waals surface area contributed by atoms with Crippen LogP contribution in [0, 0.1) is 0 Å². The maximum Gasteiger partial charge on any atom is 0.242 e. The van der Waals surface area contributed by atoms with E-state index in [0.29, 0.717) is 5.95 Å². The fourth-order valence-corrected chi connectivity index (χ4v) is 3.43. The number of nitrogens with two attached hydrogens (primary N) is 1. The molecular formula is C24H28N6O2. The molecule has 2 heterocycles. The molecular weight excluding hydrogens is 404 g/mol. The minimum absolute atomic E-state index is 0.411.